The van der Waals surface area contributed by atoms with Crippen LogP contribution in [0.5, 0.6) is 0 Å². The lowest BCUT2D eigenvalue weighted by molar-refractivity contribution is 0.377. The smallest absolute Gasteiger partial charge is 0.00462 e. The minimum absolute atomic E-state index is 0.932. The molecule has 0 amide bonds. The fraction of sp³-hybridized carbons (Fsp3) is 0.667. The second-order valence-electron chi connectivity index (χ2n) is 3.77. The summed E-state index contributed by atoms with van der Waals surface area (Å²) < 4.78 is 0. The van der Waals surface area contributed by atoms with E-state index in [2.05, 4.69) is 24.0 Å². The summed E-state index contributed by atoms with van der Waals surface area (Å²) in [6.07, 6.45) is 12.9. The first-order valence-corrected chi connectivity index (χ1v) is 5.40. The number of hydrogen-bond acceptors (Lipinski definition) is 1. The van der Waals surface area contributed by atoms with Crippen molar-refractivity contribution in [3.05, 3.63) is 24.8 Å². The lowest BCUT2D eigenvalue weighted by atomic mass is 9.94. The Kier molecular flexibility index (Phi) is 5.59. The number of piperidine rings is 1. The van der Waals surface area contributed by atoms with Gasteiger partial charge in [0, 0.05) is 0 Å². The van der Waals surface area contributed by atoms with E-state index in [4.69, 9.17) is 0 Å². The van der Waals surface area contributed by atoms with Crippen molar-refractivity contribution in [2.24, 2.45) is 5.92 Å². The van der Waals surface area contributed by atoms with Gasteiger partial charge in [0.1, 0.15) is 0 Å². The highest BCUT2D eigenvalue weighted by Gasteiger charge is 2.10. The van der Waals surface area contributed by atoms with Crippen molar-refractivity contribution in [2.45, 2.75) is 32.1 Å². The normalized spacial score (nSPS) is 19.4. The molecule has 13 heavy (non-hydrogen) atoms. The van der Waals surface area contributed by atoms with Crippen molar-refractivity contribution in [3.8, 4) is 0 Å². The lowest BCUT2D eigenvalue weighted by Crippen LogP contribution is -2.27. The monoisotopic (exact) mass is 179 g/mol. The molecule has 1 heterocycles. The van der Waals surface area contributed by atoms with Crippen LogP contribution in [-0.4, -0.2) is 13.1 Å². The summed E-state index contributed by atoms with van der Waals surface area (Å²) in [5.74, 6) is 0.932. The third-order valence-electron chi connectivity index (χ3n) is 2.63. The standard InChI is InChI=1S/C12H21N/c1-2-3-4-5-6-7-12-8-10-13-11-9-12/h2,5-6,12-13H,1,3-4,7-11H2/b6-5+. The topological polar surface area (TPSA) is 12.0 Å². The summed E-state index contributed by atoms with van der Waals surface area (Å²) in [4.78, 5) is 0. The molecule has 1 fully saturated rings. The number of nitrogens with one attached hydrogen (secondary N) is 1. The predicted octanol–water partition coefficient (Wildman–Crippen LogP) is 2.90. The van der Waals surface area contributed by atoms with E-state index in [1.54, 1.807) is 0 Å². The molecule has 0 aromatic heterocycles. The van der Waals surface area contributed by atoms with Crippen molar-refractivity contribution in [3.63, 3.8) is 0 Å². The third-order valence-corrected chi connectivity index (χ3v) is 2.63. The summed E-state index contributed by atoms with van der Waals surface area (Å²) >= 11 is 0. The molecule has 0 unspecified atom stereocenters. The zero-order valence-corrected chi connectivity index (χ0v) is 8.47. The van der Waals surface area contributed by atoms with Crippen LogP contribution in [0.2, 0.25) is 0 Å². The maximum absolute atomic E-state index is 3.71. The van der Waals surface area contributed by atoms with Gasteiger partial charge in [-0.15, -0.1) is 6.58 Å². The van der Waals surface area contributed by atoms with Crippen LogP contribution in [0.1, 0.15) is 32.1 Å². The van der Waals surface area contributed by atoms with E-state index >= 15 is 0 Å². The van der Waals surface area contributed by atoms with Crippen LogP contribution in [0, 0.1) is 5.92 Å². The third kappa shape index (κ3) is 4.89. The molecule has 1 N–H and O–H groups in total. The summed E-state index contributed by atoms with van der Waals surface area (Å²) in [5.41, 5.74) is 0. The maximum atomic E-state index is 3.71. The Morgan fingerprint density at radius 1 is 1.15 bits per heavy atom. The van der Waals surface area contributed by atoms with Gasteiger partial charge < -0.3 is 5.32 Å². The molecule has 1 saturated heterocycles. The quantitative estimate of drug-likeness (QED) is 0.505. The molecule has 0 aromatic carbocycles. The molecule has 1 heteroatoms. The second kappa shape index (κ2) is 6.90. The molecular weight excluding hydrogens is 158 g/mol. The van der Waals surface area contributed by atoms with E-state index in [1.165, 1.54) is 32.4 Å². The Balaban J connectivity index is 2.02. The molecule has 0 aromatic rings. The van der Waals surface area contributed by atoms with Crippen molar-refractivity contribution >= 4 is 0 Å². The van der Waals surface area contributed by atoms with Gasteiger partial charge in [-0.3, -0.25) is 0 Å². The first-order chi connectivity index (χ1) is 6.43. The SMILES string of the molecule is C=CCC/C=C/CC1CCNCC1. The van der Waals surface area contributed by atoms with Gasteiger partial charge in [-0.25, -0.2) is 0 Å². The van der Waals surface area contributed by atoms with Gasteiger partial charge in [0.2, 0.25) is 0 Å². The Morgan fingerprint density at radius 3 is 2.62 bits per heavy atom. The zero-order chi connectivity index (χ0) is 9.36. The van der Waals surface area contributed by atoms with Gasteiger partial charge in [-0.1, -0.05) is 18.2 Å². The van der Waals surface area contributed by atoms with Gasteiger partial charge in [-0.05, 0) is 51.1 Å². The van der Waals surface area contributed by atoms with Crippen molar-refractivity contribution in [1.82, 2.24) is 5.32 Å². The Labute approximate surface area is 81.9 Å². The fourth-order valence-electron chi connectivity index (χ4n) is 1.74. The van der Waals surface area contributed by atoms with E-state index in [0.29, 0.717) is 0 Å². The largest absolute Gasteiger partial charge is 0.317 e. The molecule has 74 valence electrons. The Morgan fingerprint density at radius 2 is 1.92 bits per heavy atom. The molecule has 0 spiro atoms. The minimum atomic E-state index is 0.932. The summed E-state index contributed by atoms with van der Waals surface area (Å²) in [5, 5.41) is 3.39. The van der Waals surface area contributed by atoms with E-state index in [9.17, 15) is 0 Å². The summed E-state index contributed by atoms with van der Waals surface area (Å²) in [7, 11) is 0. The molecule has 0 radical (unpaired) electrons. The van der Waals surface area contributed by atoms with E-state index in [1.807, 2.05) is 6.08 Å². The van der Waals surface area contributed by atoms with Crippen LogP contribution in [0.25, 0.3) is 0 Å². The Hall–Kier alpha value is -0.560. The summed E-state index contributed by atoms with van der Waals surface area (Å²) in [6, 6.07) is 0. The molecule has 1 aliphatic heterocycles. The van der Waals surface area contributed by atoms with E-state index in [0.717, 1.165) is 18.8 Å². The van der Waals surface area contributed by atoms with Gasteiger partial charge in [0.05, 0.1) is 0 Å². The molecule has 1 rings (SSSR count). The fourth-order valence-corrected chi connectivity index (χ4v) is 1.74. The maximum Gasteiger partial charge on any atom is -0.00462 e. The number of rotatable bonds is 5. The van der Waals surface area contributed by atoms with Gasteiger partial charge in [0.25, 0.3) is 0 Å². The average Bonchev–Trinajstić information content (AvgIpc) is 2.19. The molecule has 0 saturated carbocycles. The minimum Gasteiger partial charge on any atom is -0.317 e. The van der Waals surface area contributed by atoms with Crippen molar-refractivity contribution in [1.29, 1.82) is 0 Å². The van der Waals surface area contributed by atoms with Crippen molar-refractivity contribution in [2.75, 3.05) is 13.1 Å². The van der Waals surface area contributed by atoms with Crippen LogP contribution < -0.4 is 5.32 Å². The highest BCUT2D eigenvalue weighted by Crippen LogP contribution is 2.16. The van der Waals surface area contributed by atoms with Crippen LogP contribution in [0.15, 0.2) is 24.8 Å². The molecular formula is C12H21N. The average molecular weight is 179 g/mol. The molecule has 0 aliphatic carbocycles. The van der Waals surface area contributed by atoms with E-state index in [-0.39, 0.29) is 0 Å². The Bertz CT molecular complexity index is 155. The van der Waals surface area contributed by atoms with Gasteiger partial charge in [-0.2, -0.15) is 0 Å². The molecule has 0 atom stereocenters. The van der Waals surface area contributed by atoms with Gasteiger partial charge >= 0.3 is 0 Å². The van der Waals surface area contributed by atoms with Crippen LogP contribution in [0.4, 0.5) is 0 Å². The van der Waals surface area contributed by atoms with Crippen LogP contribution in [-0.2, 0) is 0 Å². The first-order valence-electron chi connectivity index (χ1n) is 5.40. The van der Waals surface area contributed by atoms with Crippen LogP contribution in [0.3, 0.4) is 0 Å². The predicted molar refractivity (Wildman–Crippen MR) is 58.8 cm³/mol. The van der Waals surface area contributed by atoms with Crippen LogP contribution >= 0.6 is 0 Å². The molecule has 1 aliphatic rings. The highest BCUT2D eigenvalue weighted by molar-refractivity contribution is 4.87. The van der Waals surface area contributed by atoms with Gasteiger partial charge in [0.15, 0.2) is 0 Å². The lowest BCUT2D eigenvalue weighted by Gasteiger charge is -2.20. The number of unbranched alkanes of at least 4 members (excludes halogenated alkanes) is 1. The highest BCUT2D eigenvalue weighted by atomic mass is 14.9. The zero-order valence-electron chi connectivity index (χ0n) is 8.47. The number of hydrogen-bond donors (Lipinski definition) is 1. The number of allylic oxidation sites excluding steroid dienone is 3. The van der Waals surface area contributed by atoms with E-state index < -0.39 is 0 Å². The molecule has 1 nitrogen and oxygen atoms in total. The summed E-state index contributed by atoms with van der Waals surface area (Å²) in [6.45, 7) is 6.13. The van der Waals surface area contributed by atoms with Crippen molar-refractivity contribution < 1.29 is 0 Å². The second-order valence-corrected chi connectivity index (χ2v) is 3.77. The first kappa shape index (κ1) is 10.5. The molecule has 0 bridgehead atoms.